The summed E-state index contributed by atoms with van der Waals surface area (Å²) in [5.74, 6) is -0.553. The molecule has 0 radical (unpaired) electrons. The van der Waals surface area contributed by atoms with Crippen molar-refractivity contribution >= 4 is 12.0 Å². The van der Waals surface area contributed by atoms with Crippen LogP contribution in [0.25, 0.3) is 0 Å². The molecule has 10 heteroatoms. The van der Waals surface area contributed by atoms with Crippen molar-refractivity contribution in [2.75, 3.05) is 13.2 Å². The van der Waals surface area contributed by atoms with E-state index in [9.17, 15) is 24.9 Å². The zero-order valence-electron chi connectivity index (χ0n) is 14.8. The van der Waals surface area contributed by atoms with E-state index < -0.39 is 60.8 Å². The first kappa shape index (κ1) is 21.6. The Labute approximate surface area is 146 Å². The molecule has 6 atom stereocenters. The number of nitrogens with one attached hydrogen (secondary N) is 2. The lowest BCUT2D eigenvalue weighted by molar-refractivity contribution is -0.227. The van der Waals surface area contributed by atoms with E-state index in [1.165, 1.54) is 6.92 Å². The standard InChI is InChI=1S/C15H28N2O8/c1-7(17-14(23)25-15(2,3)4)13(22)16-5-8-10(19)12(21)11(20)9(6-18)24-8/h7-12,18-21H,5-6H2,1-4H3,(H,16,22)(H,17,23)/t7?,8?,9?,10-,11?,12-/m1/s1. The molecular formula is C15H28N2O8. The van der Waals surface area contributed by atoms with Gasteiger partial charge in [0.15, 0.2) is 0 Å². The average molecular weight is 364 g/mol. The number of aliphatic hydroxyl groups is 4. The van der Waals surface area contributed by atoms with Gasteiger partial charge in [-0.05, 0) is 27.7 Å². The molecule has 6 N–H and O–H groups in total. The summed E-state index contributed by atoms with van der Waals surface area (Å²) >= 11 is 0. The maximum absolute atomic E-state index is 12.0. The lowest BCUT2D eigenvalue weighted by atomic mass is 9.95. The molecule has 4 unspecified atom stereocenters. The fourth-order valence-corrected chi connectivity index (χ4v) is 2.25. The molecule has 146 valence electrons. The third-order valence-electron chi connectivity index (χ3n) is 3.60. The third-order valence-corrected chi connectivity index (χ3v) is 3.60. The molecule has 0 spiro atoms. The predicted octanol–water partition coefficient (Wildman–Crippen LogP) is -2.14. The molecule has 10 nitrogen and oxygen atoms in total. The number of carbonyl (C=O) groups is 2. The van der Waals surface area contributed by atoms with E-state index in [1.807, 2.05) is 0 Å². The highest BCUT2D eigenvalue weighted by Gasteiger charge is 2.43. The van der Waals surface area contributed by atoms with Gasteiger partial charge in [0.25, 0.3) is 0 Å². The van der Waals surface area contributed by atoms with Gasteiger partial charge in [0.1, 0.15) is 42.2 Å². The van der Waals surface area contributed by atoms with Crippen LogP contribution < -0.4 is 10.6 Å². The molecule has 0 aliphatic carbocycles. The topological polar surface area (TPSA) is 158 Å². The van der Waals surface area contributed by atoms with Crippen molar-refractivity contribution in [3.05, 3.63) is 0 Å². The minimum Gasteiger partial charge on any atom is -0.444 e. The molecule has 0 aromatic heterocycles. The highest BCUT2D eigenvalue weighted by molar-refractivity contribution is 5.85. The quantitative estimate of drug-likeness (QED) is 0.322. The van der Waals surface area contributed by atoms with Crippen molar-refractivity contribution in [1.82, 2.24) is 10.6 Å². The summed E-state index contributed by atoms with van der Waals surface area (Å²) in [6.45, 7) is 5.79. The monoisotopic (exact) mass is 364 g/mol. The highest BCUT2D eigenvalue weighted by atomic mass is 16.6. The second kappa shape index (κ2) is 8.77. The second-order valence-electron chi connectivity index (χ2n) is 6.98. The molecule has 0 bridgehead atoms. The van der Waals surface area contributed by atoms with Gasteiger partial charge < -0.3 is 40.5 Å². The first-order valence-corrected chi connectivity index (χ1v) is 8.04. The van der Waals surface area contributed by atoms with E-state index in [4.69, 9.17) is 14.6 Å². The number of rotatable bonds is 5. The number of amides is 2. The summed E-state index contributed by atoms with van der Waals surface area (Å²) in [7, 11) is 0. The number of alkyl carbamates (subject to hydrolysis) is 1. The minimum absolute atomic E-state index is 0.180. The summed E-state index contributed by atoms with van der Waals surface area (Å²) in [5.41, 5.74) is -0.698. The molecule has 2 amide bonds. The van der Waals surface area contributed by atoms with Crippen LogP contribution in [0.15, 0.2) is 0 Å². The highest BCUT2D eigenvalue weighted by Crippen LogP contribution is 2.20. The smallest absolute Gasteiger partial charge is 0.408 e. The summed E-state index contributed by atoms with van der Waals surface area (Å²) in [6.07, 6.45) is -7.22. The Balaban J connectivity index is 2.50. The Morgan fingerprint density at radius 3 is 2.20 bits per heavy atom. The van der Waals surface area contributed by atoms with Crippen LogP contribution in [0.4, 0.5) is 4.79 Å². The number of hydrogen-bond acceptors (Lipinski definition) is 8. The molecule has 1 aliphatic rings. The first-order valence-electron chi connectivity index (χ1n) is 8.04. The van der Waals surface area contributed by atoms with Crippen molar-refractivity contribution in [2.24, 2.45) is 0 Å². The normalized spacial score (nSPS) is 31.1. The molecule has 1 saturated heterocycles. The molecule has 25 heavy (non-hydrogen) atoms. The van der Waals surface area contributed by atoms with E-state index in [2.05, 4.69) is 10.6 Å². The van der Waals surface area contributed by atoms with E-state index >= 15 is 0 Å². The van der Waals surface area contributed by atoms with E-state index in [1.54, 1.807) is 20.8 Å². The number of hydrogen-bond donors (Lipinski definition) is 6. The van der Waals surface area contributed by atoms with Crippen LogP contribution in [0.2, 0.25) is 0 Å². The maximum atomic E-state index is 12.0. The SMILES string of the molecule is CC(NC(=O)OC(C)(C)C)C(=O)NCC1OC(CO)C(O)[C@H](O)[C@@H]1O. The van der Waals surface area contributed by atoms with Gasteiger partial charge in [-0.15, -0.1) is 0 Å². The van der Waals surface area contributed by atoms with Crippen molar-refractivity contribution in [3.8, 4) is 0 Å². The fraction of sp³-hybridized carbons (Fsp3) is 0.867. The lowest BCUT2D eigenvalue weighted by Gasteiger charge is -2.40. The average Bonchev–Trinajstić information content (AvgIpc) is 2.49. The fourth-order valence-electron chi connectivity index (χ4n) is 2.25. The second-order valence-corrected chi connectivity index (χ2v) is 6.98. The van der Waals surface area contributed by atoms with Gasteiger partial charge in [0.05, 0.1) is 6.61 Å². The number of aliphatic hydroxyl groups excluding tert-OH is 4. The Kier molecular flexibility index (Phi) is 7.57. The summed E-state index contributed by atoms with van der Waals surface area (Å²) in [4.78, 5) is 23.6. The first-order chi connectivity index (χ1) is 11.5. The summed E-state index contributed by atoms with van der Waals surface area (Å²) < 4.78 is 10.3. The summed E-state index contributed by atoms with van der Waals surface area (Å²) in [6, 6.07) is -0.903. The van der Waals surface area contributed by atoms with Gasteiger partial charge >= 0.3 is 6.09 Å². The Morgan fingerprint density at radius 2 is 1.68 bits per heavy atom. The maximum Gasteiger partial charge on any atom is 0.408 e. The van der Waals surface area contributed by atoms with Crippen LogP contribution in [-0.2, 0) is 14.3 Å². The van der Waals surface area contributed by atoms with Crippen molar-refractivity contribution in [2.45, 2.75) is 69.9 Å². The van der Waals surface area contributed by atoms with Crippen molar-refractivity contribution in [1.29, 1.82) is 0 Å². The minimum atomic E-state index is -1.51. The number of ether oxygens (including phenoxy) is 2. The van der Waals surface area contributed by atoms with E-state index in [0.717, 1.165) is 0 Å². The largest absolute Gasteiger partial charge is 0.444 e. The van der Waals surface area contributed by atoms with Crippen LogP contribution in [0, 0.1) is 0 Å². The third kappa shape index (κ3) is 6.40. The molecular weight excluding hydrogens is 336 g/mol. The van der Waals surface area contributed by atoms with Gasteiger partial charge in [0.2, 0.25) is 5.91 Å². The van der Waals surface area contributed by atoms with Gasteiger partial charge in [-0.25, -0.2) is 4.79 Å². The van der Waals surface area contributed by atoms with Crippen LogP contribution in [0.5, 0.6) is 0 Å². The molecule has 0 aromatic rings. The lowest BCUT2D eigenvalue weighted by Crippen LogP contribution is -2.61. The Bertz CT molecular complexity index is 465. The molecule has 1 fully saturated rings. The van der Waals surface area contributed by atoms with Crippen molar-refractivity contribution < 1.29 is 39.5 Å². The van der Waals surface area contributed by atoms with Gasteiger partial charge in [0, 0.05) is 6.54 Å². The van der Waals surface area contributed by atoms with E-state index in [-0.39, 0.29) is 6.54 Å². The van der Waals surface area contributed by atoms with Crippen LogP contribution in [-0.4, -0.2) is 87.7 Å². The zero-order valence-corrected chi connectivity index (χ0v) is 14.8. The van der Waals surface area contributed by atoms with E-state index in [0.29, 0.717) is 0 Å². The van der Waals surface area contributed by atoms with Gasteiger partial charge in [-0.2, -0.15) is 0 Å². The molecule has 1 aliphatic heterocycles. The van der Waals surface area contributed by atoms with Crippen LogP contribution in [0.1, 0.15) is 27.7 Å². The zero-order chi connectivity index (χ0) is 19.4. The molecule has 1 rings (SSSR count). The van der Waals surface area contributed by atoms with Gasteiger partial charge in [-0.3, -0.25) is 4.79 Å². The Hall–Kier alpha value is -1.46. The van der Waals surface area contributed by atoms with Crippen LogP contribution in [0.3, 0.4) is 0 Å². The summed E-state index contributed by atoms with van der Waals surface area (Å²) in [5, 5.41) is 43.2. The number of carbonyl (C=O) groups excluding carboxylic acids is 2. The Morgan fingerprint density at radius 1 is 1.12 bits per heavy atom. The molecule has 1 heterocycles. The molecule has 0 saturated carbocycles. The molecule has 0 aromatic carbocycles. The van der Waals surface area contributed by atoms with Gasteiger partial charge in [-0.1, -0.05) is 0 Å². The van der Waals surface area contributed by atoms with Crippen LogP contribution >= 0.6 is 0 Å². The van der Waals surface area contributed by atoms with Crippen molar-refractivity contribution in [3.63, 3.8) is 0 Å². The predicted molar refractivity (Wildman–Crippen MR) is 85.6 cm³/mol.